The molecule has 1 N–H and O–H groups in total. The zero-order chi connectivity index (χ0) is 22.3. The molecular weight excluding hydrogens is 409 g/mol. The van der Waals surface area contributed by atoms with Gasteiger partial charge in [0.05, 0.1) is 11.3 Å². The number of hydrogen-bond donors (Lipinski definition) is 1. The number of ether oxygens (including phenoxy) is 1. The normalized spacial score (nSPS) is 13.5. The van der Waals surface area contributed by atoms with Crippen molar-refractivity contribution in [3.8, 4) is 5.75 Å². The number of carbonyl (C=O) groups is 2. The van der Waals surface area contributed by atoms with Crippen LogP contribution in [0, 0.1) is 5.82 Å². The van der Waals surface area contributed by atoms with E-state index in [1.165, 1.54) is 12.1 Å². The van der Waals surface area contributed by atoms with Crippen molar-refractivity contribution in [1.82, 2.24) is 4.90 Å². The molecule has 3 aromatic rings. The van der Waals surface area contributed by atoms with Crippen LogP contribution in [0.4, 0.5) is 15.8 Å². The summed E-state index contributed by atoms with van der Waals surface area (Å²) in [7, 11) is 0. The number of carbonyl (C=O) groups excluding carboxylic acids is 2. The summed E-state index contributed by atoms with van der Waals surface area (Å²) in [6.07, 6.45) is 0. The van der Waals surface area contributed by atoms with Crippen LogP contribution in [0.1, 0.15) is 10.4 Å². The SMILES string of the molecule is O=C(COc1ccccc1C(=O)N1CCN(c2ccccc2)CC1)Nc1ccccc1F. The van der Waals surface area contributed by atoms with E-state index < -0.39 is 11.7 Å². The summed E-state index contributed by atoms with van der Waals surface area (Å²) in [5.74, 6) is -0.839. The van der Waals surface area contributed by atoms with Crippen LogP contribution in [-0.2, 0) is 4.79 Å². The molecule has 1 heterocycles. The summed E-state index contributed by atoms with van der Waals surface area (Å²) < 4.78 is 19.3. The molecule has 0 aliphatic carbocycles. The summed E-state index contributed by atoms with van der Waals surface area (Å²) in [6.45, 7) is 2.33. The lowest BCUT2D eigenvalue weighted by Crippen LogP contribution is -2.48. The molecule has 3 aromatic carbocycles. The Labute approximate surface area is 186 Å². The number of benzene rings is 3. The predicted molar refractivity (Wildman–Crippen MR) is 122 cm³/mol. The predicted octanol–water partition coefficient (Wildman–Crippen LogP) is 3.81. The maximum atomic E-state index is 13.7. The maximum absolute atomic E-state index is 13.7. The molecular formula is C25H24FN3O3. The third-order valence-corrected chi connectivity index (χ3v) is 5.31. The number of halogens is 1. The first-order valence-corrected chi connectivity index (χ1v) is 10.5. The van der Waals surface area contributed by atoms with Gasteiger partial charge in [0.25, 0.3) is 11.8 Å². The lowest BCUT2D eigenvalue weighted by molar-refractivity contribution is -0.118. The molecule has 6 nitrogen and oxygen atoms in total. The van der Waals surface area contributed by atoms with Crippen LogP contribution in [0.2, 0.25) is 0 Å². The molecule has 2 amide bonds. The smallest absolute Gasteiger partial charge is 0.262 e. The van der Waals surface area contributed by atoms with Crippen LogP contribution in [0.25, 0.3) is 0 Å². The Morgan fingerprint density at radius 3 is 2.25 bits per heavy atom. The summed E-state index contributed by atoms with van der Waals surface area (Å²) in [5, 5.41) is 2.47. The second kappa shape index (κ2) is 9.96. The van der Waals surface area contributed by atoms with Gasteiger partial charge in [-0.3, -0.25) is 9.59 Å². The van der Waals surface area contributed by atoms with Crippen LogP contribution in [0.5, 0.6) is 5.75 Å². The lowest BCUT2D eigenvalue weighted by atomic mass is 10.1. The fourth-order valence-electron chi connectivity index (χ4n) is 3.64. The van der Waals surface area contributed by atoms with Gasteiger partial charge in [-0.25, -0.2) is 4.39 Å². The van der Waals surface area contributed by atoms with E-state index in [2.05, 4.69) is 22.3 Å². The summed E-state index contributed by atoms with van der Waals surface area (Å²) in [6, 6.07) is 22.9. The number of anilines is 2. The number of rotatable bonds is 6. The molecule has 0 atom stereocenters. The second-order valence-corrected chi connectivity index (χ2v) is 7.43. The Bertz CT molecular complexity index is 1080. The first kappa shape index (κ1) is 21.4. The molecule has 7 heteroatoms. The summed E-state index contributed by atoms with van der Waals surface area (Å²) in [5.41, 5.74) is 1.63. The van der Waals surface area contributed by atoms with Crippen molar-refractivity contribution < 1.29 is 18.7 Å². The molecule has 32 heavy (non-hydrogen) atoms. The zero-order valence-corrected chi connectivity index (χ0v) is 17.5. The molecule has 0 unspecified atom stereocenters. The van der Waals surface area contributed by atoms with Crippen LogP contribution >= 0.6 is 0 Å². The highest BCUT2D eigenvalue weighted by Crippen LogP contribution is 2.22. The number of nitrogens with one attached hydrogen (secondary N) is 1. The first-order chi connectivity index (χ1) is 15.6. The third kappa shape index (κ3) is 5.06. The van der Waals surface area contributed by atoms with E-state index in [-0.39, 0.29) is 18.2 Å². The van der Waals surface area contributed by atoms with E-state index in [0.717, 1.165) is 18.8 Å². The molecule has 164 valence electrons. The van der Waals surface area contributed by atoms with Gasteiger partial charge in [-0.2, -0.15) is 0 Å². The highest BCUT2D eigenvalue weighted by molar-refractivity contribution is 5.97. The van der Waals surface area contributed by atoms with Gasteiger partial charge in [0, 0.05) is 31.9 Å². The van der Waals surface area contributed by atoms with Crippen LogP contribution < -0.4 is 15.0 Å². The average molecular weight is 433 g/mol. The number of nitrogens with zero attached hydrogens (tertiary/aromatic N) is 2. The molecule has 1 fully saturated rings. The Morgan fingerprint density at radius 1 is 0.844 bits per heavy atom. The number of hydrogen-bond acceptors (Lipinski definition) is 4. The van der Waals surface area contributed by atoms with Crippen LogP contribution in [-0.4, -0.2) is 49.5 Å². The minimum atomic E-state index is -0.522. The van der Waals surface area contributed by atoms with Gasteiger partial charge < -0.3 is 19.9 Å². The molecule has 0 spiro atoms. The van der Waals surface area contributed by atoms with Gasteiger partial charge in [-0.15, -0.1) is 0 Å². The van der Waals surface area contributed by atoms with Crippen molar-refractivity contribution in [1.29, 1.82) is 0 Å². The zero-order valence-electron chi connectivity index (χ0n) is 17.5. The van der Waals surface area contributed by atoms with Gasteiger partial charge in [-0.1, -0.05) is 42.5 Å². The Morgan fingerprint density at radius 2 is 1.50 bits per heavy atom. The Hall–Kier alpha value is -3.87. The molecule has 0 aromatic heterocycles. The highest BCUT2D eigenvalue weighted by Gasteiger charge is 2.24. The van der Waals surface area contributed by atoms with Gasteiger partial charge in [-0.05, 0) is 36.4 Å². The monoisotopic (exact) mass is 433 g/mol. The van der Waals surface area contributed by atoms with Crippen molar-refractivity contribution in [3.63, 3.8) is 0 Å². The van der Waals surface area contributed by atoms with Gasteiger partial charge >= 0.3 is 0 Å². The molecule has 1 saturated heterocycles. The van der Waals surface area contributed by atoms with Crippen molar-refractivity contribution >= 4 is 23.2 Å². The van der Waals surface area contributed by atoms with Gasteiger partial charge in [0.15, 0.2) is 6.61 Å². The van der Waals surface area contributed by atoms with E-state index >= 15 is 0 Å². The molecule has 0 radical (unpaired) electrons. The fraction of sp³-hybridized carbons (Fsp3) is 0.200. The minimum Gasteiger partial charge on any atom is -0.483 e. The van der Waals surface area contributed by atoms with Crippen molar-refractivity contribution in [2.24, 2.45) is 0 Å². The first-order valence-electron chi connectivity index (χ1n) is 10.5. The van der Waals surface area contributed by atoms with E-state index in [1.807, 2.05) is 18.2 Å². The van der Waals surface area contributed by atoms with E-state index in [1.54, 1.807) is 41.3 Å². The van der Waals surface area contributed by atoms with Crippen molar-refractivity contribution in [2.75, 3.05) is 43.0 Å². The van der Waals surface area contributed by atoms with Crippen LogP contribution in [0.15, 0.2) is 78.9 Å². The fourth-order valence-corrected chi connectivity index (χ4v) is 3.64. The maximum Gasteiger partial charge on any atom is 0.262 e. The summed E-state index contributed by atoms with van der Waals surface area (Å²) >= 11 is 0. The topological polar surface area (TPSA) is 61.9 Å². The largest absolute Gasteiger partial charge is 0.483 e. The molecule has 0 bridgehead atoms. The highest BCUT2D eigenvalue weighted by atomic mass is 19.1. The number of amides is 2. The van der Waals surface area contributed by atoms with E-state index in [0.29, 0.717) is 24.4 Å². The van der Waals surface area contributed by atoms with Gasteiger partial charge in [0.1, 0.15) is 11.6 Å². The second-order valence-electron chi connectivity index (χ2n) is 7.43. The third-order valence-electron chi connectivity index (χ3n) is 5.31. The molecule has 1 aliphatic heterocycles. The summed E-state index contributed by atoms with van der Waals surface area (Å²) in [4.78, 5) is 29.4. The number of para-hydroxylation sites is 3. The quantitative estimate of drug-likeness (QED) is 0.642. The standard InChI is InChI=1S/C25H24FN3O3/c26-21-11-5-6-12-22(21)27-24(30)18-32-23-13-7-4-10-20(23)25(31)29-16-14-28(15-17-29)19-8-2-1-3-9-19/h1-13H,14-18H2,(H,27,30). The molecule has 1 aliphatic rings. The van der Waals surface area contributed by atoms with Crippen molar-refractivity contribution in [3.05, 3.63) is 90.2 Å². The number of piperazine rings is 1. The van der Waals surface area contributed by atoms with Crippen molar-refractivity contribution in [2.45, 2.75) is 0 Å². The van der Waals surface area contributed by atoms with E-state index in [9.17, 15) is 14.0 Å². The lowest BCUT2D eigenvalue weighted by Gasteiger charge is -2.36. The average Bonchev–Trinajstić information content (AvgIpc) is 2.84. The van der Waals surface area contributed by atoms with Crippen LogP contribution in [0.3, 0.4) is 0 Å². The molecule has 4 rings (SSSR count). The van der Waals surface area contributed by atoms with E-state index in [4.69, 9.17) is 4.74 Å². The Balaban J connectivity index is 1.36. The minimum absolute atomic E-state index is 0.0850. The van der Waals surface area contributed by atoms with Gasteiger partial charge in [0.2, 0.25) is 0 Å². The Kier molecular flexibility index (Phi) is 6.65. The molecule has 0 saturated carbocycles.